The van der Waals surface area contributed by atoms with Gasteiger partial charge in [-0.2, -0.15) is 9.61 Å². The molecule has 5 rings (SSSR count). The predicted octanol–water partition coefficient (Wildman–Crippen LogP) is 2.56. The fourth-order valence-corrected chi connectivity index (χ4v) is 4.49. The molecule has 1 amide bonds. The molecule has 33 heavy (non-hydrogen) atoms. The number of carbonyl (C=O) groups excluding carboxylic acids is 1. The molecule has 2 unspecified atom stereocenters. The zero-order chi connectivity index (χ0) is 22.9. The van der Waals surface area contributed by atoms with Crippen molar-refractivity contribution in [3.63, 3.8) is 0 Å². The SMILES string of the molecule is CNc1cc(Nc2cccn(C3CCOCC3)c2=O)nc2c(C(=O)NC3CCC3C)cnn12. The number of anilines is 3. The Morgan fingerprint density at radius 1 is 1.21 bits per heavy atom. The van der Waals surface area contributed by atoms with Crippen molar-refractivity contribution in [1.82, 2.24) is 24.5 Å². The van der Waals surface area contributed by atoms with Crippen LogP contribution in [0.1, 0.15) is 49.0 Å². The Hall–Kier alpha value is -3.40. The van der Waals surface area contributed by atoms with E-state index in [0.29, 0.717) is 47.7 Å². The lowest BCUT2D eigenvalue weighted by molar-refractivity contribution is 0.0687. The Labute approximate surface area is 191 Å². The molecule has 0 bridgehead atoms. The third kappa shape index (κ3) is 4.06. The lowest BCUT2D eigenvalue weighted by Crippen LogP contribution is -2.45. The van der Waals surface area contributed by atoms with E-state index in [-0.39, 0.29) is 23.6 Å². The molecular weight excluding hydrogens is 422 g/mol. The predicted molar refractivity (Wildman–Crippen MR) is 125 cm³/mol. The zero-order valence-electron chi connectivity index (χ0n) is 18.9. The molecule has 1 aliphatic carbocycles. The Kier molecular flexibility index (Phi) is 5.76. The van der Waals surface area contributed by atoms with Gasteiger partial charge < -0.3 is 25.3 Å². The molecule has 0 aromatic carbocycles. The van der Waals surface area contributed by atoms with E-state index < -0.39 is 0 Å². The fraction of sp³-hybridized carbons (Fsp3) is 0.478. The average molecular weight is 452 g/mol. The maximum atomic E-state index is 13.1. The fourth-order valence-electron chi connectivity index (χ4n) is 4.49. The van der Waals surface area contributed by atoms with Crippen LogP contribution >= 0.6 is 0 Å². The van der Waals surface area contributed by atoms with Crippen LogP contribution in [0.5, 0.6) is 0 Å². The summed E-state index contributed by atoms with van der Waals surface area (Å²) >= 11 is 0. The number of ether oxygens (including phenoxy) is 1. The summed E-state index contributed by atoms with van der Waals surface area (Å²) in [5.41, 5.74) is 1.15. The van der Waals surface area contributed by atoms with Crippen LogP contribution in [0.25, 0.3) is 5.65 Å². The summed E-state index contributed by atoms with van der Waals surface area (Å²) in [6, 6.07) is 5.67. The molecule has 10 heteroatoms. The molecule has 10 nitrogen and oxygen atoms in total. The minimum atomic E-state index is -0.185. The first-order valence-electron chi connectivity index (χ1n) is 11.5. The van der Waals surface area contributed by atoms with Crippen LogP contribution in [0, 0.1) is 5.92 Å². The minimum absolute atomic E-state index is 0.109. The molecule has 1 aliphatic heterocycles. The first-order chi connectivity index (χ1) is 16.0. The number of hydrogen-bond donors (Lipinski definition) is 3. The van der Waals surface area contributed by atoms with E-state index in [1.54, 1.807) is 28.3 Å². The molecule has 2 fully saturated rings. The Balaban J connectivity index is 1.46. The van der Waals surface area contributed by atoms with Gasteiger partial charge in [-0.05, 0) is 43.7 Å². The molecule has 2 atom stereocenters. The van der Waals surface area contributed by atoms with Crippen molar-refractivity contribution >= 4 is 28.9 Å². The number of nitrogens with one attached hydrogen (secondary N) is 3. The Morgan fingerprint density at radius 2 is 2.03 bits per heavy atom. The highest BCUT2D eigenvalue weighted by Gasteiger charge is 2.29. The van der Waals surface area contributed by atoms with E-state index in [0.717, 1.165) is 25.7 Å². The second-order valence-electron chi connectivity index (χ2n) is 8.81. The molecule has 1 saturated carbocycles. The van der Waals surface area contributed by atoms with Crippen molar-refractivity contribution in [1.29, 1.82) is 0 Å². The first-order valence-corrected chi connectivity index (χ1v) is 11.5. The summed E-state index contributed by atoms with van der Waals surface area (Å²) < 4.78 is 8.78. The Morgan fingerprint density at radius 3 is 2.73 bits per heavy atom. The van der Waals surface area contributed by atoms with E-state index in [1.807, 2.05) is 12.3 Å². The molecule has 1 saturated heterocycles. The number of pyridine rings is 1. The number of nitrogens with zero attached hydrogens (tertiary/aromatic N) is 4. The summed E-state index contributed by atoms with van der Waals surface area (Å²) in [4.78, 5) is 30.7. The minimum Gasteiger partial charge on any atom is -0.381 e. The van der Waals surface area contributed by atoms with Gasteiger partial charge >= 0.3 is 0 Å². The van der Waals surface area contributed by atoms with Crippen LogP contribution in [-0.4, -0.2) is 51.4 Å². The monoisotopic (exact) mass is 451 g/mol. The van der Waals surface area contributed by atoms with E-state index in [1.165, 1.54) is 6.20 Å². The molecular formula is C23H29N7O3. The van der Waals surface area contributed by atoms with Crippen LogP contribution in [0.4, 0.5) is 17.3 Å². The van der Waals surface area contributed by atoms with Crippen molar-refractivity contribution in [2.75, 3.05) is 30.9 Å². The summed E-state index contributed by atoms with van der Waals surface area (Å²) in [6.07, 6.45) is 7.09. The zero-order valence-corrected chi connectivity index (χ0v) is 18.9. The quantitative estimate of drug-likeness (QED) is 0.528. The number of hydrogen-bond acceptors (Lipinski definition) is 7. The van der Waals surface area contributed by atoms with Crippen LogP contribution < -0.4 is 21.5 Å². The molecule has 174 valence electrons. The van der Waals surface area contributed by atoms with Gasteiger partial charge in [0.25, 0.3) is 11.5 Å². The highest BCUT2D eigenvalue weighted by Crippen LogP contribution is 2.27. The van der Waals surface area contributed by atoms with E-state index in [9.17, 15) is 9.59 Å². The summed E-state index contributed by atoms with van der Waals surface area (Å²) in [5.74, 6) is 1.40. The maximum Gasteiger partial charge on any atom is 0.274 e. The molecule has 0 radical (unpaired) electrons. The van der Waals surface area contributed by atoms with Gasteiger partial charge in [-0.1, -0.05) is 6.92 Å². The highest BCUT2D eigenvalue weighted by molar-refractivity contribution is 6.00. The molecule has 3 N–H and O–H groups in total. The normalized spacial score (nSPS) is 20.9. The van der Waals surface area contributed by atoms with Gasteiger partial charge in [0.1, 0.15) is 22.9 Å². The topological polar surface area (TPSA) is 115 Å². The van der Waals surface area contributed by atoms with Gasteiger partial charge in [0.2, 0.25) is 0 Å². The van der Waals surface area contributed by atoms with Crippen molar-refractivity contribution < 1.29 is 9.53 Å². The van der Waals surface area contributed by atoms with Gasteiger partial charge in [-0.3, -0.25) is 9.59 Å². The second-order valence-corrected chi connectivity index (χ2v) is 8.81. The number of aromatic nitrogens is 4. The first kappa shape index (κ1) is 21.4. The van der Waals surface area contributed by atoms with E-state index in [2.05, 4.69) is 33.0 Å². The molecule has 3 aromatic rings. The number of carbonyl (C=O) groups is 1. The lowest BCUT2D eigenvalue weighted by Gasteiger charge is -2.34. The van der Waals surface area contributed by atoms with Crippen molar-refractivity contribution in [3.8, 4) is 0 Å². The van der Waals surface area contributed by atoms with Crippen molar-refractivity contribution in [2.24, 2.45) is 5.92 Å². The number of amides is 1. The molecule has 0 spiro atoms. The molecule has 3 aromatic heterocycles. The largest absolute Gasteiger partial charge is 0.381 e. The van der Waals surface area contributed by atoms with Crippen LogP contribution in [0.15, 0.2) is 35.4 Å². The smallest absolute Gasteiger partial charge is 0.274 e. The van der Waals surface area contributed by atoms with Gasteiger partial charge in [0, 0.05) is 44.6 Å². The van der Waals surface area contributed by atoms with Crippen molar-refractivity contribution in [3.05, 3.63) is 46.5 Å². The van der Waals surface area contributed by atoms with Gasteiger partial charge in [0.05, 0.1) is 6.20 Å². The molecule has 2 aliphatic rings. The third-order valence-electron chi connectivity index (χ3n) is 6.73. The maximum absolute atomic E-state index is 13.1. The lowest BCUT2D eigenvalue weighted by atomic mass is 9.81. The van der Waals surface area contributed by atoms with Crippen LogP contribution in [-0.2, 0) is 4.74 Å². The van der Waals surface area contributed by atoms with Crippen molar-refractivity contribution in [2.45, 2.75) is 44.7 Å². The van der Waals surface area contributed by atoms with E-state index >= 15 is 0 Å². The summed E-state index contributed by atoms with van der Waals surface area (Å²) in [5, 5.41) is 13.7. The van der Waals surface area contributed by atoms with Crippen LogP contribution in [0.3, 0.4) is 0 Å². The van der Waals surface area contributed by atoms with Gasteiger partial charge in [0.15, 0.2) is 5.65 Å². The van der Waals surface area contributed by atoms with Gasteiger partial charge in [-0.25, -0.2) is 4.98 Å². The highest BCUT2D eigenvalue weighted by atomic mass is 16.5. The summed E-state index contributed by atoms with van der Waals surface area (Å²) in [7, 11) is 1.77. The summed E-state index contributed by atoms with van der Waals surface area (Å²) in [6.45, 7) is 3.45. The van der Waals surface area contributed by atoms with Gasteiger partial charge in [-0.15, -0.1) is 0 Å². The standard InChI is InChI=1S/C23H29N7O3/c1-14-5-6-17(14)27-22(31)16-13-25-30-20(24-2)12-19(28-21(16)30)26-18-4-3-9-29(23(18)32)15-7-10-33-11-8-15/h3-4,9,12-15,17,24H,5-8,10-11H2,1-2H3,(H,26,28)(H,27,31). The second kappa shape index (κ2) is 8.86. The average Bonchev–Trinajstić information content (AvgIpc) is 3.27. The van der Waals surface area contributed by atoms with E-state index in [4.69, 9.17) is 4.74 Å². The Bertz CT molecular complexity index is 1230. The number of rotatable bonds is 6. The number of fused-ring (bicyclic) bond motifs is 1. The third-order valence-corrected chi connectivity index (χ3v) is 6.73. The van der Waals surface area contributed by atoms with Crippen LogP contribution in [0.2, 0.25) is 0 Å². The molecule has 4 heterocycles.